The van der Waals surface area contributed by atoms with Gasteiger partial charge in [0.15, 0.2) is 0 Å². The molecule has 0 radical (unpaired) electrons. The van der Waals surface area contributed by atoms with E-state index < -0.39 is 8.80 Å². The molecular weight excluding hydrogens is 186 g/mol. The van der Waals surface area contributed by atoms with E-state index in [1.165, 1.54) is 19.3 Å². The second-order valence-corrected chi connectivity index (χ2v) is 5.83. The molecule has 0 atom stereocenters. The summed E-state index contributed by atoms with van der Waals surface area (Å²) in [6, 6.07) is 0.170. The van der Waals surface area contributed by atoms with Crippen LogP contribution in [0.1, 0.15) is 25.7 Å². The maximum atomic E-state index is 8.78. The van der Waals surface area contributed by atoms with Crippen molar-refractivity contribution in [1.29, 1.82) is 0 Å². The Morgan fingerprint density at radius 3 is 2.15 bits per heavy atom. The minimum Gasteiger partial charge on any atom is -0.390 e. The summed E-state index contributed by atoms with van der Waals surface area (Å²) in [6.07, 6.45) is 4.50. The quantitative estimate of drug-likeness (QED) is 0.555. The molecule has 0 aromatic heterocycles. The van der Waals surface area contributed by atoms with Crippen molar-refractivity contribution in [2.24, 2.45) is 0 Å². The van der Waals surface area contributed by atoms with Gasteiger partial charge in [-0.05, 0) is 38.9 Å². The molecule has 0 bridgehead atoms. The van der Waals surface area contributed by atoms with Crippen LogP contribution in [0.4, 0.5) is 0 Å². The Morgan fingerprint density at radius 2 is 1.62 bits per heavy atom. The molecule has 0 aromatic rings. The van der Waals surface area contributed by atoms with Gasteiger partial charge in [0.05, 0.1) is 0 Å². The molecule has 0 saturated carbocycles. The van der Waals surface area contributed by atoms with Crippen LogP contribution in [-0.2, 0) is 0 Å². The van der Waals surface area contributed by atoms with Crippen molar-refractivity contribution >= 4 is 8.80 Å². The van der Waals surface area contributed by atoms with E-state index in [9.17, 15) is 0 Å². The molecule has 0 unspecified atom stereocenters. The molecule has 0 amide bonds. The van der Waals surface area contributed by atoms with Crippen LogP contribution in [0.3, 0.4) is 0 Å². The van der Waals surface area contributed by atoms with Crippen LogP contribution in [0.25, 0.3) is 0 Å². The average molecular weight is 205 g/mol. The molecule has 1 heterocycles. The third-order valence-electron chi connectivity index (χ3n) is 2.44. The SMILES string of the molecule is O[Si](O)(O)CCCN1CCCCC1. The number of piperidine rings is 1. The van der Waals surface area contributed by atoms with Gasteiger partial charge in [-0.2, -0.15) is 0 Å². The number of likely N-dealkylation sites (tertiary alicyclic amines) is 1. The van der Waals surface area contributed by atoms with Crippen LogP contribution < -0.4 is 0 Å². The Balaban J connectivity index is 2.04. The van der Waals surface area contributed by atoms with Crippen LogP contribution in [0, 0.1) is 0 Å². The minimum atomic E-state index is -3.77. The molecule has 0 aromatic carbocycles. The fourth-order valence-electron chi connectivity index (χ4n) is 1.72. The van der Waals surface area contributed by atoms with Crippen molar-refractivity contribution in [3.63, 3.8) is 0 Å². The fraction of sp³-hybridized carbons (Fsp3) is 1.00. The van der Waals surface area contributed by atoms with Crippen molar-refractivity contribution in [2.45, 2.75) is 31.7 Å². The van der Waals surface area contributed by atoms with Gasteiger partial charge in [-0.15, -0.1) is 0 Å². The molecule has 0 aliphatic carbocycles. The maximum Gasteiger partial charge on any atom is 0.492 e. The standard InChI is InChI=1S/C8H19NO3Si/c10-13(11,12)8-4-7-9-5-2-1-3-6-9/h10-12H,1-8H2. The van der Waals surface area contributed by atoms with Crippen molar-refractivity contribution in [3.8, 4) is 0 Å². The maximum absolute atomic E-state index is 8.78. The predicted molar refractivity (Wildman–Crippen MR) is 52.1 cm³/mol. The van der Waals surface area contributed by atoms with Crippen LogP contribution >= 0.6 is 0 Å². The lowest BCUT2D eigenvalue weighted by Gasteiger charge is -2.26. The lowest BCUT2D eigenvalue weighted by molar-refractivity contribution is 0.206. The molecule has 13 heavy (non-hydrogen) atoms. The largest absolute Gasteiger partial charge is 0.492 e. The van der Waals surface area contributed by atoms with Gasteiger partial charge < -0.3 is 19.3 Å². The molecular formula is C8H19NO3Si. The summed E-state index contributed by atoms with van der Waals surface area (Å²) < 4.78 is 0. The van der Waals surface area contributed by atoms with Crippen LogP contribution in [0.15, 0.2) is 0 Å². The Labute approximate surface area is 80.2 Å². The third kappa shape index (κ3) is 5.38. The number of hydrogen-bond donors (Lipinski definition) is 3. The van der Waals surface area contributed by atoms with Gasteiger partial charge in [-0.1, -0.05) is 6.42 Å². The van der Waals surface area contributed by atoms with Gasteiger partial charge in [0.25, 0.3) is 0 Å². The predicted octanol–water partition coefficient (Wildman–Crippen LogP) is -0.222. The highest BCUT2D eigenvalue weighted by atomic mass is 28.4. The number of rotatable bonds is 4. The van der Waals surface area contributed by atoms with E-state index >= 15 is 0 Å². The summed E-state index contributed by atoms with van der Waals surface area (Å²) in [4.78, 5) is 28.7. The fourth-order valence-corrected chi connectivity index (χ4v) is 2.36. The zero-order chi connectivity index (χ0) is 9.73. The highest BCUT2D eigenvalue weighted by molar-refractivity contribution is 6.56. The summed E-state index contributed by atoms with van der Waals surface area (Å²) >= 11 is 0. The second-order valence-electron chi connectivity index (χ2n) is 3.78. The van der Waals surface area contributed by atoms with Gasteiger partial charge in [-0.25, -0.2) is 0 Å². The Bertz CT molecular complexity index is 143. The van der Waals surface area contributed by atoms with Crippen molar-refractivity contribution in [2.75, 3.05) is 19.6 Å². The molecule has 1 rings (SSSR count). The van der Waals surface area contributed by atoms with Crippen molar-refractivity contribution < 1.29 is 14.4 Å². The first-order valence-corrected chi connectivity index (χ1v) is 7.02. The van der Waals surface area contributed by atoms with Crippen molar-refractivity contribution in [3.05, 3.63) is 0 Å². The lowest BCUT2D eigenvalue weighted by atomic mass is 10.1. The summed E-state index contributed by atoms with van der Waals surface area (Å²) in [7, 11) is -3.77. The molecule has 78 valence electrons. The minimum absolute atomic E-state index is 0.170. The topological polar surface area (TPSA) is 63.9 Å². The molecule has 1 fully saturated rings. The zero-order valence-corrected chi connectivity index (χ0v) is 8.95. The van der Waals surface area contributed by atoms with Gasteiger partial charge >= 0.3 is 8.80 Å². The first kappa shape index (κ1) is 11.1. The molecule has 1 aliphatic rings. The lowest BCUT2D eigenvalue weighted by Crippen LogP contribution is -2.36. The summed E-state index contributed by atoms with van der Waals surface area (Å²) in [5.74, 6) is 0. The van der Waals surface area contributed by atoms with E-state index in [2.05, 4.69) is 4.90 Å². The van der Waals surface area contributed by atoms with Crippen LogP contribution in [0.5, 0.6) is 0 Å². The van der Waals surface area contributed by atoms with E-state index in [4.69, 9.17) is 14.4 Å². The van der Waals surface area contributed by atoms with E-state index in [-0.39, 0.29) is 6.04 Å². The number of nitrogens with zero attached hydrogens (tertiary/aromatic N) is 1. The smallest absolute Gasteiger partial charge is 0.390 e. The molecule has 4 nitrogen and oxygen atoms in total. The summed E-state index contributed by atoms with van der Waals surface area (Å²) in [5, 5.41) is 0. The zero-order valence-electron chi connectivity index (χ0n) is 7.95. The highest BCUT2D eigenvalue weighted by Gasteiger charge is 2.26. The Hall–Kier alpha value is 0.0569. The molecule has 1 saturated heterocycles. The van der Waals surface area contributed by atoms with E-state index in [1.807, 2.05) is 0 Å². The van der Waals surface area contributed by atoms with E-state index in [0.29, 0.717) is 6.42 Å². The third-order valence-corrected chi connectivity index (χ3v) is 3.46. The average Bonchev–Trinajstić information content (AvgIpc) is 2.04. The van der Waals surface area contributed by atoms with Gasteiger partial charge in [0.2, 0.25) is 0 Å². The van der Waals surface area contributed by atoms with Gasteiger partial charge in [0.1, 0.15) is 0 Å². The molecule has 5 heteroatoms. The van der Waals surface area contributed by atoms with Crippen LogP contribution in [-0.4, -0.2) is 47.7 Å². The van der Waals surface area contributed by atoms with Crippen molar-refractivity contribution in [1.82, 2.24) is 4.90 Å². The Kier molecular flexibility index (Phi) is 4.34. The van der Waals surface area contributed by atoms with E-state index in [0.717, 1.165) is 19.6 Å². The molecule has 1 aliphatic heterocycles. The Morgan fingerprint density at radius 1 is 1.00 bits per heavy atom. The first-order valence-electron chi connectivity index (χ1n) is 4.97. The highest BCUT2D eigenvalue weighted by Crippen LogP contribution is 2.10. The summed E-state index contributed by atoms with van der Waals surface area (Å²) in [6.45, 7) is 3.13. The van der Waals surface area contributed by atoms with Gasteiger partial charge in [-0.3, -0.25) is 0 Å². The monoisotopic (exact) mass is 205 g/mol. The molecule has 3 N–H and O–H groups in total. The summed E-state index contributed by atoms with van der Waals surface area (Å²) in [5.41, 5.74) is 0. The number of hydrogen-bond acceptors (Lipinski definition) is 4. The second kappa shape index (κ2) is 5.07. The van der Waals surface area contributed by atoms with Crippen LogP contribution in [0.2, 0.25) is 6.04 Å². The van der Waals surface area contributed by atoms with Gasteiger partial charge in [0, 0.05) is 6.04 Å². The first-order chi connectivity index (χ1) is 6.08. The normalized spacial score (nSPS) is 20.5. The molecule has 0 spiro atoms. The van der Waals surface area contributed by atoms with E-state index in [1.54, 1.807) is 0 Å².